The summed E-state index contributed by atoms with van der Waals surface area (Å²) in [4.78, 5) is 27.0. The zero-order valence-corrected chi connectivity index (χ0v) is 11.1. The number of carboxylic acid groups (broad SMARTS) is 1. The van der Waals surface area contributed by atoms with Gasteiger partial charge in [0.15, 0.2) is 0 Å². The maximum Gasteiger partial charge on any atom is 0.360 e. The van der Waals surface area contributed by atoms with E-state index in [1.165, 1.54) is 10.9 Å². The van der Waals surface area contributed by atoms with E-state index in [1.807, 2.05) is 24.3 Å². The number of aryl methyl sites for hydroxylation is 1. The summed E-state index contributed by atoms with van der Waals surface area (Å²) in [7, 11) is 0. The van der Waals surface area contributed by atoms with Crippen molar-refractivity contribution in [3.63, 3.8) is 0 Å². The molecular formula is C15H11N3O3. The monoisotopic (exact) mass is 281 g/mol. The molecule has 6 nitrogen and oxygen atoms in total. The number of nitrogens with zero attached hydrogens (tertiary/aromatic N) is 3. The first-order valence-corrected chi connectivity index (χ1v) is 6.25. The molecule has 0 spiro atoms. The molecular weight excluding hydrogens is 270 g/mol. The Morgan fingerprint density at radius 1 is 1.29 bits per heavy atom. The molecule has 2 heterocycles. The Morgan fingerprint density at radius 3 is 2.86 bits per heavy atom. The van der Waals surface area contributed by atoms with E-state index in [0.29, 0.717) is 11.3 Å². The van der Waals surface area contributed by atoms with E-state index < -0.39 is 17.1 Å². The van der Waals surface area contributed by atoms with Crippen LogP contribution in [0, 0.1) is 6.92 Å². The van der Waals surface area contributed by atoms with Gasteiger partial charge in [0.25, 0.3) is 0 Å². The summed E-state index contributed by atoms with van der Waals surface area (Å²) in [6.07, 6.45) is 3.22. The second-order valence-electron chi connectivity index (χ2n) is 4.62. The van der Waals surface area contributed by atoms with Crippen molar-refractivity contribution in [2.75, 3.05) is 0 Å². The summed E-state index contributed by atoms with van der Waals surface area (Å²) in [5.74, 6) is -1.33. The second kappa shape index (κ2) is 4.82. The van der Waals surface area contributed by atoms with Crippen LogP contribution in [0.5, 0.6) is 0 Å². The highest BCUT2D eigenvalue weighted by atomic mass is 16.4. The lowest BCUT2D eigenvalue weighted by molar-refractivity contribution is 0.0686. The number of hydrogen-bond donors (Lipinski definition) is 1. The molecule has 1 aromatic carbocycles. The van der Waals surface area contributed by atoms with Gasteiger partial charge in [-0.2, -0.15) is 5.10 Å². The molecule has 6 heteroatoms. The number of carbonyl (C=O) groups is 1. The Balaban J connectivity index is 2.22. The average Bonchev–Trinajstić information content (AvgIpc) is 2.49. The van der Waals surface area contributed by atoms with Crippen molar-refractivity contribution in [2.24, 2.45) is 0 Å². The standard InChI is InChI=1S/C15H11N3O3/c1-9-8-18(17-13(14(9)19)15(20)21)11-4-5-12-10(7-11)3-2-6-16-12/h2-8H,1H3,(H,20,21). The molecule has 0 bridgehead atoms. The van der Waals surface area contributed by atoms with E-state index >= 15 is 0 Å². The van der Waals surface area contributed by atoms with Gasteiger partial charge in [0.1, 0.15) is 0 Å². The van der Waals surface area contributed by atoms with Crippen molar-refractivity contribution in [1.82, 2.24) is 14.8 Å². The van der Waals surface area contributed by atoms with Crippen molar-refractivity contribution in [3.8, 4) is 5.69 Å². The van der Waals surface area contributed by atoms with Crippen LogP contribution in [0.25, 0.3) is 16.6 Å². The molecule has 0 aliphatic heterocycles. The molecule has 0 fully saturated rings. The largest absolute Gasteiger partial charge is 0.476 e. The minimum Gasteiger partial charge on any atom is -0.476 e. The van der Waals surface area contributed by atoms with Gasteiger partial charge in [-0.15, -0.1) is 0 Å². The van der Waals surface area contributed by atoms with Crippen molar-refractivity contribution < 1.29 is 9.90 Å². The molecule has 0 unspecified atom stereocenters. The summed E-state index contributed by atoms with van der Waals surface area (Å²) in [5.41, 5.74) is 0.773. The Morgan fingerprint density at radius 2 is 2.10 bits per heavy atom. The lowest BCUT2D eigenvalue weighted by Gasteiger charge is -2.08. The predicted octanol–water partition coefficient (Wildman–Crippen LogP) is 1.79. The van der Waals surface area contributed by atoms with E-state index in [4.69, 9.17) is 5.11 Å². The zero-order valence-electron chi connectivity index (χ0n) is 11.1. The number of hydrogen-bond acceptors (Lipinski definition) is 4. The third-order valence-corrected chi connectivity index (χ3v) is 3.15. The number of carboxylic acids is 1. The molecule has 3 rings (SSSR count). The molecule has 2 aromatic heterocycles. The first kappa shape index (κ1) is 13.0. The first-order chi connectivity index (χ1) is 10.1. The van der Waals surface area contributed by atoms with Crippen LogP contribution >= 0.6 is 0 Å². The molecule has 21 heavy (non-hydrogen) atoms. The van der Waals surface area contributed by atoms with Gasteiger partial charge < -0.3 is 5.11 Å². The molecule has 0 amide bonds. The van der Waals surface area contributed by atoms with Crippen molar-refractivity contribution in [1.29, 1.82) is 0 Å². The maximum atomic E-state index is 11.7. The highest BCUT2D eigenvalue weighted by molar-refractivity contribution is 5.85. The van der Waals surface area contributed by atoms with E-state index in [1.54, 1.807) is 19.2 Å². The summed E-state index contributed by atoms with van der Waals surface area (Å²) in [6.45, 7) is 1.57. The lowest BCUT2D eigenvalue weighted by Crippen LogP contribution is -2.23. The van der Waals surface area contributed by atoms with E-state index in [-0.39, 0.29) is 0 Å². The van der Waals surface area contributed by atoms with Gasteiger partial charge in [-0.3, -0.25) is 9.78 Å². The van der Waals surface area contributed by atoms with Crippen LogP contribution in [0.3, 0.4) is 0 Å². The van der Waals surface area contributed by atoms with Crippen molar-refractivity contribution >= 4 is 16.9 Å². The fourth-order valence-electron chi connectivity index (χ4n) is 2.09. The Labute approximate surface area is 119 Å². The minimum atomic E-state index is -1.33. The topological polar surface area (TPSA) is 85.1 Å². The predicted molar refractivity (Wildman–Crippen MR) is 76.8 cm³/mol. The van der Waals surface area contributed by atoms with Gasteiger partial charge in [-0.05, 0) is 31.2 Å². The second-order valence-corrected chi connectivity index (χ2v) is 4.62. The quantitative estimate of drug-likeness (QED) is 0.774. The molecule has 0 saturated heterocycles. The highest BCUT2D eigenvalue weighted by Crippen LogP contribution is 2.16. The number of aromatic carboxylic acids is 1. The van der Waals surface area contributed by atoms with Gasteiger partial charge in [0.05, 0.1) is 11.2 Å². The summed E-state index contributed by atoms with van der Waals surface area (Å²) in [6, 6.07) is 9.15. The molecule has 3 aromatic rings. The highest BCUT2D eigenvalue weighted by Gasteiger charge is 2.14. The molecule has 0 aliphatic carbocycles. The van der Waals surface area contributed by atoms with E-state index in [9.17, 15) is 9.59 Å². The van der Waals surface area contributed by atoms with Crippen LogP contribution in [0.1, 0.15) is 16.1 Å². The molecule has 0 saturated carbocycles. The van der Waals surface area contributed by atoms with Gasteiger partial charge >= 0.3 is 5.97 Å². The maximum absolute atomic E-state index is 11.7. The SMILES string of the molecule is Cc1cn(-c2ccc3ncccc3c2)nc(C(=O)O)c1=O. The van der Waals surface area contributed by atoms with Crippen molar-refractivity contribution in [3.05, 3.63) is 64.2 Å². The van der Waals surface area contributed by atoms with Crippen LogP contribution in [-0.4, -0.2) is 25.8 Å². The molecule has 0 atom stereocenters. The third kappa shape index (κ3) is 2.27. The summed E-state index contributed by atoms with van der Waals surface area (Å²) < 4.78 is 1.40. The molecule has 0 aliphatic rings. The number of fused-ring (bicyclic) bond motifs is 1. The molecule has 104 valence electrons. The van der Waals surface area contributed by atoms with Crippen LogP contribution in [0.2, 0.25) is 0 Å². The average molecular weight is 281 g/mol. The number of rotatable bonds is 2. The smallest absolute Gasteiger partial charge is 0.360 e. The van der Waals surface area contributed by atoms with Crippen LogP contribution < -0.4 is 5.43 Å². The summed E-state index contributed by atoms with van der Waals surface area (Å²) >= 11 is 0. The van der Waals surface area contributed by atoms with Gasteiger partial charge in [0, 0.05) is 23.3 Å². The fourth-order valence-corrected chi connectivity index (χ4v) is 2.09. The fraction of sp³-hybridized carbons (Fsp3) is 0.0667. The van der Waals surface area contributed by atoms with Crippen molar-refractivity contribution in [2.45, 2.75) is 6.92 Å². The molecule has 0 radical (unpaired) electrons. The lowest BCUT2D eigenvalue weighted by atomic mass is 10.2. The Hall–Kier alpha value is -3.02. The van der Waals surface area contributed by atoms with Crippen LogP contribution in [0.4, 0.5) is 0 Å². The minimum absolute atomic E-state index is 0.327. The Bertz CT molecular complexity index is 915. The van der Waals surface area contributed by atoms with E-state index in [2.05, 4.69) is 10.1 Å². The first-order valence-electron chi connectivity index (χ1n) is 6.25. The normalized spacial score (nSPS) is 10.7. The zero-order chi connectivity index (χ0) is 15.0. The number of aromatic nitrogens is 3. The number of benzene rings is 1. The van der Waals surface area contributed by atoms with Crippen LogP contribution in [0.15, 0.2) is 47.5 Å². The Kier molecular flexibility index (Phi) is 2.98. The summed E-state index contributed by atoms with van der Waals surface area (Å²) in [5, 5.41) is 13.8. The van der Waals surface area contributed by atoms with Gasteiger partial charge in [-0.25, -0.2) is 9.48 Å². The molecule has 1 N–H and O–H groups in total. The number of pyridine rings is 1. The van der Waals surface area contributed by atoms with Gasteiger partial charge in [0.2, 0.25) is 11.1 Å². The van der Waals surface area contributed by atoms with E-state index in [0.717, 1.165) is 10.9 Å². The third-order valence-electron chi connectivity index (χ3n) is 3.15. The van der Waals surface area contributed by atoms with Crippen LogP contribution in [-0.2, 0) is 0 Å². The van der Waals surface area contributed by atoms with Gasteiger partial charge in [-0.1, -0.05) is 6.07 Å².